The van der Waals surface area contributed by atoms with Crippen LogP contribution in [0.5, 0.6) is 0 Å². The first-order valence-electron chi connectivity index (χ1n) is 16.1. The van der Waals surface area contributed by atoms with Gasteiger partial charge in [-0.05, 0) is 88.9 Å². The molecule has 1 aromatic heterocycles. The van der Waals surface area contributed by atoms with Crippen molar-refractivity contribution in [2.45, 2.75) is 44.9 Å². The van der Waals surface area contributed by atoms with Gasteiger partial charge < -0.3 is 0 Å². The molecule has 2 nitrogen and oxygen atoms in total. The third-order valence-electron chi connectivity index (χ3n) is 9.76. The molecule has 0 amide bonds. The maximum Gasteiger partial charge on any atom is 0.160 e. The summed E-state index contributed by atoms with van der Waals surface area (Å²) >= 11 is 0. The molecule has 0 aliphatic heterocycles. The van der Waals surface area contributed by atoms with Crippen LogP contribution < -0.4 is 0 Å². The van der Waals surface area contributed by atoms with Crippen molar-refractivity contribution in [3.8, 4) is 56.2 Å². The Morgan fingerprint density at radius 2 is 0.978 bits per heavy atom. The summed E-state index contributed by atoms with van der Waals surface area (Å²) in [6, 6.07) is 47.6. The molecular weight excluding hydrogens is 544 g/mol. The molecular formula is C43H36N2. The van der Waals surface area contributed by atoms with Crippen LogP contribution in [-0.4, -0.2) is 9.97 Å². The summed E-state index contributed by atoms with van der Waals surface area (Å²) in [5.41, 5.74) is 16.2. The van der Waals surface area contributed by atoms with Crippen molar-refractivity contribution in [2.24, 2.45) is 0 Å². The SMILES string of the molecule is CC1(C)C2=C(CCCC2)c2ccc(-c3cccc(-c4cccc(-c5nc(-c6ccccc6)cc(-c6ccccc6)n5)c4)c3)cc21. The molecule has 218 valence electrons. The quantitative estimate of drug-likeness (QED) is 0.203. The van der Waals surface area contributed by atoms with E-state index >= 15 is 0 Å². The molecule has 0 unspecified atom stereocenters. The first kappa shape index (κ1) is 27.5. The number of nitrogens with zero attached hydrogens (tertiary/aromatic N) is 2. The second-order valence-electron chi connectivity index (χ2n) is 12.9. The van der Waals surface area contributed by atoms with E-state index in [4.69, 9.17) is 9.97 Å². The molecule has 5 aromatic carbocycles. The highest BCUT2D eigenvalue weighted by molar-refractivity contribution is 5.84. The van der Waals surface area contributed by atoms with Gasteiger partial charge in [-0.3, -0.25) is 0 Å². The van der Waals surface area contributed by atoms with E-state index in [2.05, 4.69) is 135 Å². The predicted molar refractivity (Wildman–Crippen MR) is 188 cm³/mol. The predicted octanol–water partition coefficient (Wildman–Crippen LogP) is 11.4. The molecule has 2 aliphatic carbocycles. The van der Waals surface area contributed by atoms with Crippen LogP contribution >= 0.6 is 0 Å². The lowest BCUT2D eigenvalue weighted by Gasteiger charge is -2.27. The van der Waals surface area contributed by atoms with Gasteiger partial charge in [0.2, 0.25) is 0 Å². The van der Waals surface area contributed by atoms with Crippen molar-refractivity contribution in [1.29, 1.82) is 0 Å². The third-order valence-corrected chi connectivity index (χ3v) is 9.76. The topological polar surface area (TPSA) is 25.8 Å². The number of aromatic nitrogens is 2. The van der Waals surface area contributed by atoms with Crippen molar-refractivity contribution in [2.75, 3.05) is 0 Å². The highest BCUT2D eigenvalue weighted by atomic mass is 14.9. The minimum absolute atomic E-state index is 0.111. The molecule has 0 fully saturated rings. The van der Waals surface area contributed by atoms with Crippen LogP contribution in [0.15, 0.2) is 139 Å². The van der Waals surface area contributed by atoms with E-state index in [-0.39, 0.29) is 5.41 Å². The number of fused-ring (bicyclic) bond motifs is 2. The lowest BCUT2D eigenvalue weighted by molar-refractivity contribution is 0.574. The van der Waals surface area contributed by atoms with Crippen LogP contribution in [-0.2, 0) is 5.41 Å². The van der Waals surface area contributed by atoms with Crippen LogP contribution in [0.25, 0.3) is 61.7 Å². The summed E-state index contributed by atoms with van der Waals surface area (Å²) in [6.07, 6.45) is 5.09. The van der Waals surface area contributed by atoms with Crippen LogP contribution in [0, 0.1) is 0 Å². The van der Waals surface area contributed by atoms with Crippen LogP contribution in [0.3, 0.4) is 0 Å². The first-order valence-corrected chi connectivity index (χ1v) is 16.1. The van der Waals surface area contributed by atoms with E-state index in [1.807, 2.05) is 12.1 Å². The third kappa shape index (κ3) is 5.01. The average molecular weight is 581 g/mol. The van der Waals surface area contributed by atoms with Gasteiger partial charge in [-0.2, -0.15) is 0 Å². The van der Waals surface area contributed by atoms with E-state index in [1.54, 1.807) is 11.1 Å². The molecule has 8 rings (SSSR count). The second kappa shape index (κ2) is 11.1. The molecule has 45 heavy (non-hydrogen) atoms. The van der Waals surface area contributed by atoms with E-state index in [1.165, 1.54) is 53.5 Å². The van der Waals surface area contributed by atoms with Crippen molar-refractivity contribution in [3.05, 3.63) is 150 Å². The zero-order valence-electron chi connectivity index (χ0n) is 25.9. The van der Waals surface area contributed by atoms with Gasteiger partial charge in [-0.1, -0.05) is 129 Å². The number of rotatable bonds is 5. The Morgan fingerprint density at radius 1 is 0.467 bits per heavy atom. The minimum Gasteiger partial charge on any atom is -0.228 e. The van der Waals surface area contributed by atoms with E-state index in [9.17, 15) is 0 Å². The molecule has 0 saturated heterocycles. The summed E-state index contributed by atoms with van der Waals surface area (Å²) in [4.78, 5) is 10.1. The maximum atomic E-state index is 5.06. The van der Waals surface area contributed by atoms with Crippen molar-refractivity contribution >= 4 is 5.57 Å². The normalized spacial score (nSPS) is 15.1. The fraction of sp³-hybridized carbons (Fsp3) is 0.163. The Morgan fingerprint density at radius 3 is 1.60 bits per heavy atom. The Balaban J connectivity index is 1.17. The van der Waals surface area contributed by atoms with Crippen molar-refractivity contribution in [1.82, 2.24) is 9.97 Å². The van der Waals surface area contributed by atoms with Crippen LogP contribution in [0.2, 0.25) is 0 Å². The molecule has 0 spiro atoms. The second-order valence-corrected chi connectivity index (χ2v) is 12.9. The van der Waals surface area contributed by atoms with Gasteiger partial charge in [0.05, 0.1) is 11.4 Å². The molecule has 0 atom stereocenters. The van der Waals surface area contributed by atoms with Crippen molar-refractivity contribution in [3.63, 3.8) is 0 Å². The highest BCUT2D eigenvalue weighted by Crippen LogP contribution is 2.52. The van der Waals surface area contributed by atoms with Crippen LogP contribution in [0.1, 0.15) is 50.7 Å². The fourth-order valence-electron chi connectivity index (χ4n) is 7.36. The molecule has 6 aromatic rings. The van der Waals surface area contributed by atoms with E-state index in [0.29, 0.717) is 0 Å². The number of benzene rings is 5. The molecule has 0 radical (unpaired) electrons. The van der Waals surface area contributed by atoms with Gasteiger partial charge in [0.15, 0.2) is 5.82 Å². The smallest absolute Gasteiger partial charge is 0.160 e. The average Bonchev–Trinajstić information content (AvgIpc) is 3.34. The molecule has 0 bridgehead atoms. The van der Waals surface area contributed by atoms with E-state index < -0.39 is 0 Å². The Kier molecular flexibility index (Phi) is 6.79. The standard InChI is InChI=1S/C43H36N2/c1-43(2)38-22-10-9-21-36(38)37-24-23-34(27-39(37)43)32-18-11-17-31(25-32)33-19-12-20-35(26-33)42-44-40(29-13-5-3-6-14-29)28-41(45-42)30-15-7-4-8-16-30/h3-8,11-20,23-28H,9-10,21-22H2,1-2H3. The molecule has 2 heteroatoms. The molecule has 2 aliphatic rings. The monoisotopic (exact) mass is 580 g/mol. The minimum atomic E-state index is 0.111. The molecule has 0 saturated carbocycles. The lowest BCUT2D eigenvalue weighted by atomic mass is 9.77. The van der Waals surface area contributed by atoms with Crippen LogP contribution in [0.4, 0.5) is 0 Å². The first-order chi connectivity index (χ1) is 22.0. The Hall–Kier alpha value is -5.08. The maximum absolute atomic E-state index is 5.06. The summed E-state index contributed by atoms with van der Waals surface area (Å²) in [6.45, 7) is 4.84. The number of allylic oxidation sites excluding steroid dienone is 2. The van der Waals surface area contributed by atoms with Gasteiger partial charge >= 0.3 is 0 Å². The number of hydrogen-bond acceptors (Lipinski definition) is 2. The zero-order valence-corrected chi connectivity index (χ0v) is 25.9. The van der Waals surface area contributed by atoms with Gasteiger partial charge in [0.25, 0.3) is 0 Å². The number of hydrogen-bond donors (Lipinski definition) is 0. The largest absolute Gasteiger partial charge is 0.228 e. The zero-order chi connectivity index (χ0) is 30.4. The van der Waals surface area contributed by atoms with Gasteiger partial charge in [-0.25, -0.2) is 9.97 Å². The highest BCUT2D eigenvalue weighted by Gasteiger charge is 2.38. The van der Waals surface area contributed by atoms with Gasteiger partial charge in [0.1, 0.15) is 0 Å². The molecule has 0 N–H and O–H groups in total. The Labute approximate surface area is 266 Å². The van der Waals surface area contributed by atoms with Gasteiger partial charge in [-0.15, -0.1) is 0 Å². The fourth-order valence-corrected chi connectivity index (χ4v) is 7.36. The summed E-state index contributed by atoms with van der Waals surface area (Å²) < 4.78 is 0. The van der Waals surface area contributed by atoms with Gasteiger partial charge in [0, 0.05) is 22.1 Å². The summed E-state index contributed by atoms with van der Waals surface area (Å²) in [7, 11) is 0. The lowest BCUT2D eigenvalue weighted by Crippen LogP contribution is -2.18. The van der Waals surface area contributed by atoms with E-state index in [0.717, 1.165) is 39.5 Å². The summed E-state index contributed by atoms with van der Waals surface area (Å²) in [5, 5.41) is 0. The van der Waals surface area contributed by atoms with Crippen molar-refractivity contribution < 1.29 is 0 Å². The Bertz CT molecular complexity index is 2010. The molecule has 1 heterocycles. The summed E-state index contributed by atoms with van der Waals surface area (Å²) in [5.74, 6) is 0.727.